The monoisotopic (exact) mass is 272 g/mol. The fraction of sp³-hybridized carbons (Fsp3) is 0.286. The minimum atomic E-state index is -0.252. The van der Waals surface area contributed by atoms with Crippen LogP contribution in [0.15, 0.2) is 24.3 Å². The van der Waals surface area contributed by atoms with Gasteiger partial charge in [0.05, 0.1) is 12.8 Å². The molecule has 0 saturated heterocycles. The zero-order valence-electron chi connectivity index (χ0n) is 11.1. The third kappa shape index (κ3) is 2.45. The Balaban J connectivity index is 1.72. The van der Waals surface area contributed by atoms with Gasteiger partial charge in [-0.05, 0) is 37.1 Å². The number of benzene rings is 1. The first-order chi connectivity index (χ1) is 9.67. The van der Waals surface area contributed by atoms with Crippen molar-refractivity contribution < 1.29 is 9.53 Å². The van der Waals surface area contributed by atoms with Gasteiger partial charge in [0.2, 0.25) is 0 Å². The lowest BCUT2D eigenvalue weighted by Gasteiger charge is -2.07. The second-order valence-electron chi connectivity index (χ2n) is 4.89. The van der Waals surface area contributed by atoms with E-state index in [1.807, 2.05) is 0 Å². The summed E-state index contributed by atoms with van der Waals surface area (Å²) in [5, 5.41) is 9.71. The molecule has 0 radical (unpaired) electrons. The lowest BCUT2D eigenvalue weighted by molar-refractivity contribution is 0.102. The Bertz CT molecular complexity index is 646. The molecular weight excluding hydrogens is 256 g/mol. The SMILES string of the molecule is COc1ccc(NC(=O)c2cc(C3CC3)[nH]n2)cc1N. The minimum absolute atomic E-state index is 0.252. The number of hydrogen-bond donors (Lipinski definition) is 3. The maximum atomic E-state index is 12.1. The van der Waals surface area contributed by atoms with Crippen LogP contribution in [0.3, 0.4) is 0 Å². The molecule has 0 aliphatic heterocycles. The summed E-state index contributed by atoms with van der Waals surface area (Å²) in [4.78, 5) is 12.1. The number of carbonyl (C=O) groups is 1. The summed E-state index contributed by atoms with van der Waals surface area (Å²) < 4.78 is 5.07. The molecule has 2 aromatic rings. The predicted molar refractivity (Wildman–Crippen MR) is 75.9 cm³/mol. The van der Waals surface area contributed by atoms with E-state index in [9.17, 15) is 4.79 Å². The summed E-state index contributed by atoms with van der Waals surface area (Å²) in [7, 11) is 1.55. The van der Waals surface area contributed by atoms with E-state index < -0.39 is 0 Å². The molecule has 0 atom stereocenters. The largest absolute Gasteiger partial charge is 0.495 e. The average Bonchev–Trinajstić information content (AvgIpc) is 3.16. The molecule has 1 aliphatic rings. The number of hydrogen-bond acceptors (Lipinski definition) is 4. The molecule has 4 N–H and O–H groups in total. The Morgan fingerprint density at radius 3 is 2.90 bits per heavy atom. The van der Waals surface area contributed by atoms with E-state index in [-0.39, 0.29) is 5.91 Å². The predicted octanol–water partition coefficient (Wildman–Crippen LogP) is 2.13. The third-order valence-electron chi connectivity index (χ3n) is 3.34. The first-order valence-corrected chi connectivity index (χ1v) is 6.47. The van der Waals surface area contributed by atoms with Crippen molar-refractivity contribution in [2.75, 3.05) is 18.2 Å². The van der Waals surface area contributed by atoms with Gasteiger partial charge in [-0.1, -0.05) is 0 Å². The summed E-state index contributed by atoms with van der Waals surface area (Å²) >= 11 is 0. The van der Waals surface area contributed by atoms with Crippen LogP contribution in [-0.4, -0.2) is 23.2 Å². The van der Waals surface area contributed by atoms with E-state index in [0.29, 0.717) is 28.7 Å². The van der Waals surface area contributed by atoms with Crippen LogP contribution in [0.5, 0.6) is 5.75 Å². The molecule has 1 aromatic heterocycles. The number of nitrogens with zero attached hydrogens (tertiary/aromatic N) is 1. The van der Waals surface area contributed by atoms with Crippen molar-refractivity contribution in [1.82, 2.24) is 10.2 Å². The van der Waals surface area contributed by atoms with Crippen molar-refractivity contribution in [3.63, 3.8) is 0 Å². The van der Waals surface area contributed by atoms with Gasteiger partial charge < -0.3 is 15.8 Å². The average molecular weight is 272 g/mol. The van der Waals surface area contributed by atoms with Crippen molar-refractivity contribution in [2.45, 2.75) is 18.8 Å². The Kier molecular flexibility index (Phi) is 3.06. The second-order valence-corrected chi connectivity index (χ2v) is 4.89. The minimum Gasteiger partial charge on any atom is -0.495 e. The van der Waals surface area contributed by atoms with Crippen LogP contribution in [0.1, 0.15) is 34.9 Å². The maximum absolute atomic E-state index is 12.1. The number of ether oxygens (including phenoxy) is 1. The third-order valence-corrected chi connectivity index (χ3v) is 3.34. The fourth-order valence-electron chi connectivity index (χ4n) is 2.06. The van der Waals surface area contributed by atoms with Crippen LogP contribution in [0.2, 0.25) is 0 Å². The van der Waals surface area contributed by atoms with Crippen molar-refractivity contribution in [1.29, 1.82) is 0 Å². The van der Waals surface area contributed by atoms with Crippen LogP contribution >= 0.6 is 0 Å². The van der Waals surface area contributed by atoms with E-state index in [4.69, 9.17) is 10.5 Å². The van der Waals surface area contributed by atoms with E-state index in [2.05, 4.69) is 15.5 Å². The lowest BCUT2D eigenvalue weighted by atomic mass is 10.2. The fourth-order valence-corrected chi connectivity index (χ4v) is 2.06. The maximum Gasteiger partial charge on any atom is 0.276 e. The molecule has 0 unspecified atom stereocenters. The van der Waals surface area contributed by atoms with E-state index in [1.165, 1.54) is 0 Å². The number of anilines is 2. The highest BCUT2D eigenvalue weighted by molar-refractivity contribution is 6.03. The van der Waals surface area contributed by atoms with Crippen molar-refractivity contribution in [2.24, 2.45) is 0 Å². The van der Waals surface area contributed by atoms with E-state index in [0.717, 1.165) is 18.5 Å². The zero-order chi connectivity index (χ0) is 14.1. The highest BCUT2D eigenvalue weighted by Gasteiger charge is 2.26. The van der Waals surface area contributed by atoms with Gasteiger partial charge in [-0.3, -0.25) is 9.89 Å². The number of nitrogen functional groups attached to an aromatic ring is 1. The molecule has 1 aliphatic carbocycles. The van der Waals surface area contributed by atoms with Crippen molar-refractivity contribution in [3.05, 3.63) is 35.7 Å². The number of aromatic amines is 1. The van der Waals surface area contributed by atoms with Gasteiger partial charge in [0, 0.05) is 17.3 Å². The summed E-state index contributed by atoms with van der Waals surface area (Å²) in [6.45, 7) is 0. The number of carbonyl (C=O) groups excluding carboxylic acids is 1. The highest BCUT2D eigenvalue weighted by atomic mass is 16.5. The van der Waals surface area contributed by atoms with Crippen LogP contribution in [-0.2, 0) is 0 Å². The summed E-state index contributed by atoms with van der Waals surface area (Å²) in [5.74, 6) is 0.872. The number of aromatic nitrogens is 2. The number of nitrogens with one attached hydrogen (secondary N) is 2. The number of amides is 1. The molecule has 1 saturated carbocycles. The first-order valence-electron chi connectivity index (χ1n) is 6.47. The quantitative estimate of drug-likeness (QED) is 0.743. The summed E-state index contributed by atoms with van der Waals surface area (Å²) in [5.41, 5.74) is 8.32. The Morgan fingerprint density at radius 2 is 2.25 bits per heavy atom. The van der Waals surface area contributed by atoms with Gasteiger partial charge in [-0.15, -0.1) is 0 Å². The molecule has 6 nitrogen and oxygen atoms in total. The van der Waals surface area contributed by atoms with Gasteiger partial charge in [0.1, 0.15) is 5.75 Å². The highest BCUT2D eigenvalue weighted by Crippen LogP contribution is 2.39. The van der Waals surface area contributed by atoms with Crippen LogP contribution in [0.25, 0.3) is 0 Å². The lowest BCUT2D eigenvalue weighted by Crippen LogP contribution is -2.12. The van der Waals surface area contributed by atoms with E-state index in [1.54, 1.807) is 31.4 Å². The molecule has 0 bridgehead atoms. The Labute approximate surface area is 116 Å². The van der Waals surface area contributed by atoms with Gasteiger partial charge >= 0.3 is 0 Å². The molecule has 1 amide bonds. The Hall–Kier alpha value is -2.50. The van der Waals surface area contributed by atoms with Crippen molar-refractivity contribution >= 4 is 17.3 Å². The molecule has 6 heteroatoms. The number of methoxy groups -OCH3 is 1. The van der Waals surface area contributed by atoms with Gasteiger partial charge in [-0.25, -0.2) is 0 Å². The second kappa shape index (κ2) is 4.88. The number of nitrogens with two attached hydrogens (primary N) is 1. The van der Waals surface area contributed by atoms with Gasteiger partial charge in [0.25, 0.3) is 5.91 Å². The van der Waals surface area contributed by atoms with E-state index >= 15 is 0 Å². The summed E-state index contributed by atoms with van der Waals surface area (Å²) in [6.07, 6.45) is 2.33. The molecular formula is C14H16N4O2. The van der Waals surface area contributed by atoms with Crippen molar-refractivity contribution in [3.8, 4) is 5.75 Å². The smallest absolute Gasteiger partial charge is 0.276 e. The number of H-pyrrole nitrogens is 1. The molecule has 104 valence electrons. The molecule has 1 fully saturated rings. The first kappa shape index (κ1) is 12.5. The van der Waals surface area contributed by atoms with Crippen LogP contribution < -0.4 is 15.8 Å². The normalized spacial score (nSPS) is 14.1. The van der Waals surface area contributed by atoms with Gasteiger partial charge in [0.15, 0.2) is 5.69 Å². The molecule has 0 spiro atoms. The standard InChI is InChI=1S/C14H16N4O2/c1-20-13-5-4-9(6-10(13)15)16-14(19)12-7-11(17-18-12)8-2-3-8/h4-8H,2-3,15H2,1H3,(H,16,19)(H,17,18). The molecule has 1 aromatic carbocycles. The number of rotatable bonds is 4. The van der Waals surface area contributed by atoms with Crippen LogP contribution in [0, 0.1) is 0 Å². The molecule has 3 rings (SSSR count). The topological polar surface area (TPSA) is 93.0 Å². The van der Waals surface area contributed by atoms with Crippen LogP contribution in [0.4, 0.5) is 11.4 Å². The van der Waals surface area contributed by atoms with Gasteiger partial charge in [-0.2, -0.15) is 5.10 Å². The molecule has 20 heavy (non-hydrogen) atoms. The summed E-state index contributed by atoms with van der Waals surface area (Å²) in [6, 6.07) is 6.91. The molecule has 1 heterocycles. The Morgan fingerprint density at radius 1 is 1.45 bits per heavy atom. The zero-order valence-corrected chi connectivity index (χ0v) is 11.1.